The highest BCUT2D eigenvalue weighted by atomic mass is 32.1. The molecule has 3 rings (SSSR count). The number of esters is 1. The lowest BCUT2D eigenvalue weighted by molar-refractivity contribution is -0.125. The summed E-state index contributed by atoms with van der Waals surface area (Å²) in [6.07, 6.45) is 8.00. The van der Waals surface area contributed by atoms with Crippen molar-refractivity contribution in [2.75, 3.05) is 6.61 Å². The summed E-state index contributed by atoms with van der Waals surface area (Å²) < 4.78 is 10.9. The molecule has 1 N–H and O–H groups in total. The average molecular weight is 417 g/mol. The molecule has 1 saturated carbocycles. The van der Waals surface area contributed by atoms with Crippen molar-refractivity contribution in [2.24, 2.45) is 0 Å². The van der Waals surface area contributed by atoms with Crippen molar-refractivity contribution in [1.82, 2.24) is 10.3 Å². The van der Waals surface area contributed by atoms with Crippen molar-refractivity contribution in [3.05, 3.63) is 45.9 Å². The summed E-state index contributed by atoms with van der Waals surface area (Å²) in [5.74, 6) is -0.216. The molecule has 7 heteroatoms. The number of hydrogen-bond donors (Lipinski definition) is 1. The maximum Gasteiger partial charge on any atom is 0.338 e. The Morgan fingerprint density at radius 2 is 1.93 bits per heavy atom. The number of thiazole rings is 1. The Bertz CT molecular complexity index is 813. The van der Waals surface area contributed by atoms with E-state index in [1.807, 2.05) is 12.3 Å². The Kier molecular flexibility index (Phi) is 8.04. The summed E-state index contributed by atoms with van der Waals surface area (Å²) in [5.41, 5.74) is 1.21. The molecular formula is C22H28N2O4S. The van der Waals surface area contributed by atoms with Gasteiger partial charge in [0, 0.05) is 11.4 Å². The molecule has 0 aliphatic heterocycles. The fourth-order valence-corrected chi connectivity index (χ4v) is 4.03. The predicted octanol–water partition coefficient (Wildman–Crippen LogP) is 4.42. The van der Waals surface area contributed by atoms with E-state index in [-0.39, 0.29) is 18.6 Å². The van der Waals surface area contributed by atoms with Crippen LogP contribution in [0.3, 0.4) is 0 Å². The van der Waals surface area contributed by atoms with E-state index >= 15 is 0 Å². The lowest BCUT2D eigenvalue weighted by Gasteiger charge is -2.20. The third-order valence-electron chi connectivity index (χ3n) is 4.93. The van der Waals surface area contributed by atoms with Crippen LogP contribution in [-0.2, 0) is 16.1 Å². The van der Waals surface area contributed by atoms with Gasteiger partial charge in [-0.2, -0.15) is 0 Å². The average Bonchev–Trinajstić information content (AvgIpc) is 3.12. The lowest BCUT2D eigenvalue weighted by Crippen LogP contribution is -2.38. The predicted molar refractivity (Wildman–Crippen MR) is 112 cm³/mol. The molecule has 1 aliphatic rings. The molecule has 1 heterocycles. The molecule has 0 atom stereocenters. The molecule has 156 valence electrons. The topological polar surface area (TPSA) is 77.5 Å². The molecule has 1 aliphatic carbocycles. The standard InChI is InChI=1S/C22H28N2O4S/c1-16-23-19(15-29-16)13-27-20-11-7-8-17(12-20)22(26)28-14-21(25)24-18-9-5-3-2-4-6-10-18/h7-8,11-12,15,18H,2-6,9-10,13-14H2,1H3,(H,24,25). The zero-order valence-corrected chi connectivity index (χ0v) is 17.6. The molecule has 29 heavy (non-hydrogen) atoms. The number of nitrogens with one attached hydrogen (secondary N) is 1. The highest BCUT2D eigenvalue weighted by Gasteiger charge is 2.16. The molecule has 0 radical (unpaired) electrons. The number of ether oxygens (including phenoxy) is 2. The highest BCUT2D eigenvalue weighted by Crippen LogP contribution is 2.18. The first-order chi connectivity index (χ1) is 14.1. The maximum atomic E-state index is 12.3. The Balaban J connectivity index is 1.45. The second-order valence-electron chi connectivity index (χ2n) is 7.36. The van der Waals surface area contributed by atoms with E-state index in [9.17, 15) is 9.59 Å². The van der Waals surface area contributed by atoms with Crippen molar-refractivity contribution < 1.29 is 19.1 Å². The maximum absolute atomic E-state index is 12.3. The van der Waals surface area contributed by atoms with Crippen LogP contribution in [0.15, 0.2) is 29.6 Å². The summed E-state index contributed by atoms with van der Waals surface area (Å²) in [7, 11) is 0. The van der Waals surface area contributed by atoms with Gasteiger partial charge in [0.25, 0.3) is 5.91 Å². The number of amides is 1. The van der Waals surface area contributed by atoms with Crippen LogP contribution in [0, 0.1) is 6.92 Å². The van der Waals surface area contributed by atoms with Gasteiger partial charge in [-0.1, -0.05) is 38.2 Å². The van der Waals surface area contributed by atoms with E-state index in [4.69, 9.17) is 9.47 Å². The van der Waals surface area contributed by atoms with Crippen molar-refractivity contribution in [3.63, 3.8) is 0 Å². The van der Waals surface area contributed by atoms with Crippen LogP contribution >= 0.6 is 11.3 Å². The number of benzene rings is 1. The molecule has 2 aromatic rings. The van der Waals surface area contributed by atoms with Crippen molar-refractivity contribution in [3.8, 4) is 5.75 Å². The quantitative estimate of drug-likeness (QED) is 0.676. The summed E-state index contributed by atoms with van der Waals surface area (Å²) in [5, 5.41) is 5.93. The molecular weight excluding hydrogens is 388 g/mol. The Morgan fingerprint density at radius 1 is 1.17 bits per heavy atom. The van der Waals surface area contributed by atoms with Gasteiger partial charge in [0.1, 0.15) is 12.4 Å². The molecule has 0 bridgehead atoms. The van der Waals surface area contributed by atoms with E-state index in [0.717, 1.165) is 36.4 Å². The molecule has 1 amide bonds. The van der Waals surface area contributed by atoms with Gasteiger partial charge in [-0.15, -0.1) is 11.3 Å². The normalized spacial score (nSPS) is 15.2. The fraction of sp³-hybridized carbons (Fsp3) is 0.500. The van der Waals surface area contributed by atoms with Crippen LogP contribution in [0.1, 0.15) is 66.0 Å². The van der Waals surface area contributed by atoms with Crippen LogP contribution in [0.5, 0.6) is 5.75 Å². The van der Waals surface area contributed by atoms with Crippen LogP contribution < -0.4 is 10.1 Å². The second-order valence-corrected chi connectivity index (χ2v) is 8.42. The Labute approximate surface area is 175 Å². The molecule has 0 unspecified atom stereocenters. The van der Waals surface area contributed by atoms with Gasteiger partial charge >= 0.3 is 5.97 Å². The molecule has 0 saturated heterocycles. The first-order valence-corrected chi connectivity index (χ1v) is 11.1. The van der Waals surface area contributed by atoms with Gasteiger partial charge in [-0.05, 0) is 38.0 Å². The van der Waals surface area contributed by atoms with E-state index in [1.54, 1.807) is 35.6 Å². The Hall–Kier alpha value is -2.41. The lowest BCUT2D eigenvalue weighted by atomic mass is 9.97. The molecule has 1 aromatic heterocycles. The van der Waals surface area contributed by atoms with Crippen LogP contribution in [0.25, 0.3) is 0 Å². The van der Waals surface area contributed by atoms with Crippen LogP contribution in [0.4, 0.5) is 0 Å². The number of rotatable bonds is 7. The number of aryl methyl sites for hydroxylation is 1. The smallest absolute Gasteiger partial charge is 0.338 e. The zero-order chi connectivity index (χ0) is 20.5. The van der Waals surface area contributed by atoms with Gasteiger partial charge in [0.2, 0.25) is 0 Å². The summed E-state index contributed by atoms with van der Waals surface area (Å²) in [4.78, 5) is 28.8. The van der Waals surface area contributed by atoms with E-state index in [1.165, 1.54) is 19.3 Å². The number of carbonyl (C=O) groups excluding carboxylic acids is 2. The van der Waals surface area contributed by atoms with Crippen LogP contribution in [0.2, 0.25) is 0 Å². The van der Waals surface area contributed by atoms with E-state index < -0.39 is 5.97 Å². The van der Waals surface area contributed by atoms with Crippen LogP contribution in [-0.4, -0.2) is 29.5 Å². The number of aromatic nitrogens is 1. The fourth-order valence-electron chi connectivity index (χ4n) is 3.43. The first-order valence-electron chi connectivity index (χ1n) is 10.2. The SMILES string of the molecule is Cc1nc(COc2cccc(C(=O)OCC(=O)NC3CCCCCCC3)c2)cs1. The van der Waals surface area contributed by atoms with Crippen molar-refractivity contribution in [2.45, 2.75) is 64.5 Å². The number of carbonyl (C=O) groups is 2. The molecule has 1 fully saturated rings. The third-order valence-corrected chi connectivity index (χ3v) is 5.75. The Morgan fingerprint density at radius 3 is 2.66 bits per heavy atom. The van der Waals surface area contributed by atoms with E-state index in [0.29, 0.717) is 17.9 Å². The monoisotopic (exact) mass is 416 g/mol. The molecule has 6 nitrogen and oxygen atoms in total. The van der Waals surface area contributed by atoms with Crippen molar-refractivity contribution >= 4 is 23.2 Å². The minimum Gasteiger partial charge on any atom is -0.487 e. The molecule has 0 spiro atoms. The van der Waals surface area contributed by atoms with Gasteiger partial charge in [0.05, 0.1) is 16.3 Å². The molecule has 1 aromatic carbocycles. The third kappa shape index (κ3) is 7.16. The number of nitrogens with zero attached hydrogens (tertiary/aromatic N) is 1. The largest absolute Gasteiger partial charge is 0.487 e. The van der Waals surface area contributed by atoms with E-state index in [2.05, 4.69) is 10.3 Å². The minimum absolute atomic E-state index is 0.188. The van der Waals surface area contributed by atoms with Gasteiger partial charge in [-0.3, -0.25) is 4.79 Å². The first kappa shape index (κ1) is 21.3. The minimum atomic E-state index is -0.534. The van der Waals surface area contributed by atoms with Crippen molar-refractivity contribution in [1.29, 1.82) is 0 Å². The van der Waals surface area contributed by atoms with Gasteiger partial charge in [0.15, 0.2) is 6.61 Å². The summed E-state index contributed by atoms with van der Waals surface area (Å²) >= 11 is 1.57. The van der Waals surface area contributed by atoms with Gasteiger partial charge < -0.3 is 14.8 Å². The second kappa shape index (κ2) is 11.0. The van der Waals surface area contributed by atoms with Gasteiger partial charge in [-0.25, -0.2) is 9.78 Å². The summed E-state index contributed by atoms with van der Waals surface area (Å²) in [6.45, 7) is 2.02. The summed E-state index contributed by atoms with van der Waals surface area (Å²) in [6, 6.07) is 6.96. The zero-order valence-electron chi connectivity index (χ0n) is 16.8. The highest BCUT2D eigenvalue weighted by molar-refractivity contribution is 7.09. The number of hydrogen-bond acceptors (Lipinski definition) is 6.